The second-order valence-electron chi connectivity index (χ2n) is 5.41. The van der Waals surface area contributed by atoms with Crippen molar-refractivity contribution >= 4 is 11.9 Å². The molecule has 5 nitrogen and oxygen atoms in total. The van der Waals surface area contributed by atoms with E-state index in [2.05, 4.69) is 17.6 Å². The largest absolute Gasteiger partial charge is 0.480 e. The van der Waals surface area contributed by atoms with E-state index >= 15 is 0 Å². The summed E-state index contributed by atoms with van der Waals surface area (Å²) in [6.07, 6.45) is 4.41. The van der Waals surface area contributed by atoms with E-state index in [0.717, 1.165) is 19.3 Å². The maximum atomic E-state index is 11.7. The van der Waals surface area contributed by atoms with Gasteiger partial charge in [0, 0.05) is 6.04 Å². The Kier molecular flexibility index (Phi) is 9.21. The summed E-state index contributed by atoms with van der Waals surface area (Å²) >= 11 is 0. The van der Waals surface area contributed by atoms with Gasteiger partial charge in [0.05, 0.1) is 6.54 Å². The molecular formula is C14H28N2O3. The van der Waals surface area contributed by atoms with Crippen LogP contribution in [-0.4, -0.2) is 35.6 Å². The van der Waals surface area contributed by atoms with Crippen LogP contribution in [0.15, 0.2) is 0 Å². The fraction of sp³-hybridized carbons (Fsp3) is 0.857. The minimum Gasteiger partial charge on any atom is -0.480 e. The van der Waals surface area contributed by atoms with Gasteiger partial charge in [0.15, 0.2) is 0 Å². The highest BCUT2D eigenvalue weighted by Crippen LogP contribution is 2.03. The molecule has 0 aromatic heterocycles. The number of unbranched alkanes of at least 4 members (excludes halogenated alkanes) is 2. The predicted molar refractivity (Wildman–Crippen MR) is 76.0 cm³/mol. The van der Waals surface area contributed by atoms with Crippen molar-refractivity contribution < 1.29 is 14.7 Å². The monoisotopic (exact) mass is 272 g/mol. The van der Waals surface area contributed by atoms with Gasteiger partial charge in [0.1, 0.15) is 6.04 Å². The first-order valence-electron chi connectivity index (χ1n) is 7.14. The van der Waals surface area contributed by atoms with Gasteiger partial charge in [-0.25, -0.2) is 0 Å². The predicted octanol–water partition coefficient (Wildman–Crippen LogP) is 1.77. The molecule has 0 aliphatic rings. The Hall–Kier alpha value is -1.10. The fourth-order valence-electron chi connectivity index (χ4n) is 1.91. The second-order valence-corrected chi connectivity index (χ2v) is 5.41. The summed E-state index contributed by atoms with van der Waals surface area (Å²) in [5, 5.41) is 14.6. The fourth-order valence-corrected chi connectivity index (χ4v) is 1.91. The average Bonchev–Trinajstić information content (AvgIpc) is 2.28. The third kappa shape index (κ3) is 8.59. The topological polar surface area (TPSA) is 78.4 Å². The van der Waals surface area contributed by atoms with Gasteiger partial charge in [0.25, 0.3) is 0 Å². The van der Waals surface area contributed by atoms with Crippen molar-refractivity contribution in [2.75, 3.05) is 6.54 Å². The van der Waals surface area contributed by atoms with Gasteiger partial charge in [-0.2, -0.15) is 0 Å². The Bertz CT molecular complexity index is 280. The number of carboxylic acid groups (broad SMARTS) is 1. The standard InChI is InChI=1S/C14H28N2O3/c1-5-6-7-8-11(4)16-12(17)9-15-13(10(2)3)14(18)19/h10-11,13,15H,5-9H2,1-4H3,(H,16,17)(H,18,19). The molecule has 0 rings (SSSR count). The van der Waals surface area contributed by atoms with Crippen LogP contribution in [0.2, 0.25) is 0 Å². The molecule has 112 valence electrons. The second kappa shape index (κ2) is 9.78. The summed E-state index contributed by atoms with van der Waals surface area (Å²) in [6, 6.07) is -0.538. The Morgan fingerprint density at radius 2 is 1.79 bits per heavy atom. The van der Waals surface area contributed by atoms with E-state index in [1.165, 1.54) is 6.42 Å². The van der Waals surface area contributed by atoms with Crippen LogP contribution in [0.1, 0.15) is 53.4 Å². The lowest BCUT2D eigenvalue weighted by Crippen LogP contribution is -2.47. The molecule has 0 radical (unpaired) electrons. The number of nitrogens with one attached hydrogen (secondary N) is 2. The number of aliphatic carboxylic acids is 1. The Labute approximate surface area is 116 Å². The third-order valence-electron chi connectivity index (χ3n) is 3.06. The minimum absolute atomic E-state index is 0.0488. The first-order valence-corrected chi connectivity index (χ1v) is 7.14. The van der Waals surface area contributed by atoms with Gasteiger partial charge in [-0.15, -0.1) is 0 Å². The van der Waals surface area contributed by atoms with Crippen LogP contribution < -0.4 is 10.6 Å². The smallest absolute Gasteiger partial charge is 0.320 e. The number of rotatable bonds is 10. The molecule has 0 aromatic carbocycles. The van der Waals surface area contributed by atoms with E-state index in [1.807, 2.05) is 20.8 Å². The average molecular weight is 272 g/mol. The van der Waals surface area contributed by atoms with Crippen LogP contribution in [0.3, 0.4) is 0 Å². The van der Waals surface area contributed by atoms with Crippen molar-refractivity contribution in [1.82, 2.24) is 10.6 Å². The highest BCUT2D eigenvalue weighted by atomic mass is 16.4. The maximum absolute atomic E-state index is 11.7. The number of carbonyl (C=O) groups is 2. The Morgan fingerprint density at radius 1 is 1.16 bits per heavy atom. The number of amides is 1. The summed E-state index contributed by atoms with van der Waals surface area (Å²) in [5.41, 5.74) is 0. The van der Waals surface area contributed by atoms with Crippen LogP contribution >= 0.6 is 0 Å². The van der Waals surface area contributed by atoms with Crippen molar-refractivity contribution in [3.63, 3.8) is 0 Å². The molecular weight excluding hydrogens is 244 g/mol. The molecule has 0 bridgehead atoms. The Balaban J connectivity index is 3.93. The van der Waals surface area contributed by atoms with Gasteiger partial charge in [-0.3, -0.25) is 14.9 Å². The first-order chi connectivity index (χ1) is 8.88. The third-order valence-corrected chi connectivity index (χ3v) is 3.06. The molecule has 0 saturated carbocycles. The van der Waals surface area contributed by atoms with Gasteiger partial charge in [-0.05, 0) is 19.3 Å². The molecule has 3 N–H and O–H groups in total. The SMILES string of the molecule is CCCCCC(C)NC(=O)CNC(C(=O)O)C(C)C. The highest BCUT2D eigenvalue weighted by Gasteiger charge is 2.21. The number of hydrogen-bond acceptors (Lipinski definition) is 3. The molecule has 0 saturated heterocycles. The molecule has 2 unspecified atom stereocenters. The molecule has 5 heteroatoms. The van der Waals surface area contributed by atoms with Crippen LogP contribution in [0, 0.1) is 5.92 Å². The van der Waals surface area contributed by atoms with E-state index in [1.54, 1.807) is 0 Å². The number of carbonyl (C=O) groups excluding carboxylic acids is 1. The molecule has 2 atom stereocenters. The normalized spacial score (nSPS) is 14.2. The Morgan fingerprint density at radius 3 is 2.26 bits per heavy atom. The van der Waals surface area contributed by atoms with E-state index in [-0.39, 0.29) is 24.4 Å². The van der Waals surface area contributed by atoms with Crippen LogP contribution in [0.5, 0.6) is 0 Å². The first kappa shape index (κ1) is 17.9. The summed E-state index contributed by atoms with van der Waals surface area (Å²) in [6.45, 7) is 7.80. The lowest BCUT2D eigenvalue weighted by Gasteiger charge is -2.19. The summed E-state index contributed by atoms with van der Waals surface area (Å²) < 4.78 is 0. The van der Waals surface area contributed by atoms with Crippen LogP contribution in [0.25, 0.3) is 0 Å². The number of carboxylic acids is 1. The maximum Gasteiger partial charge on any atom is 0.320 e. The lowest BCUT2D eigenvalue weighted by atomic mass is 10.1. The van der Waals surface area contributed by atoms with Gasteiger partial charge in [-0.1, -0.05) is 40.0 Å². The molecule has 0 aromatic rings. The minimum atomic E-state index is -0.918. The zero-order chi connectivity index (χ0) is 14.8. The molecule has 0 fully saturated rings. The summed E-state index contributed by atoms with van der Waals surface area (Å²) in [5.74, 6) is -1.11. The van der Waals surface area contributed by atoms with Gasteiger partial charge >= 0.3 is 5.97 Å². The van der Waals surface area contributed by atoms with E-state index in [9.17, 15) is 9.59 Å². The van der Waals surface area contributed by atoms with E-state index in [4.69, 9.17) is 5.11 Å². The van der Waals surface area contributed by atoms with Gasteiger partial charge < -0.3 is 10.4 Å². The van der Waals surface area contributed by atoms with Crippen molar-refractivity contribution in [2.45, 2.75) is 65.5 Å². The summed E-state index contributed by atoms with van der Waals surface area (Å²) in [7, 11) is 0. The van der Waals surface area contributed by atoms with E-state index in [0.29, 0.717) is 0 Å². The van der Waals surface area contributed by atoms with Crippen molar-refractivity contribution in [3.05, 3.63) is 0 Å². The molecule has 1 amide bonds. The summed E-state index contributed by atoms with van der Waals surface area (Å²) in [4.78, 5) is 22.6. The molecule has 19 heavy (non-hydrogen) atoms. The van der Waals surface area contributed by atoms with Crippen molar-refractivity contribution in [2.24, 2.45) is 5.92 Å². The quantitative estimate of drug-likeness (QED) is 0.530. The highest BCUT2D eigenvalue weighted by molar-refractivity contribution is 5.80. The number of hydrogen-bond donors (Lipinski definition) is 3. The molecule has 0 heterocycles. The molecule has 0 spiro atoms. The van der Waals surface area contributed by atoms with Crippen LogP contribution in [-0.2, 0) is 9.59 Å². The zero-order valence-electron chi connectivity index (χ0n) is 12.5. The van der Waals surface area contributed by atoms with Gasteiger partial charge in [0.2, 0.25) is 5.91 Å². The van der Waals surface area contributed by atoms with Crippen molar-refractivity contribution in [1.29, 1.82) is 0 Å². The van der Waals surface area contributed by atoms with Crippen molar-refractivity contribution in [3.8, 4) is 0 Å². The molecule has 0 aliphatic carbocycles. The van der Waals surface area contributed by atoms with E-state index < -0.39 is 12.0 Å². The lowest BCUT2D eigenvalue weighted by molar-refractivity contribution is -0.140. The zero-order valence-corrected chi connectivity index (χ0v) is 12.5. The van der Waals surface area contributed by atoms with Crippen LogP contribution in [0.4, 0.5) is 0 Å². The molecule has 0 aliphatic heterocycles.